The summed E-state index contributed by atoms with van der Waals surface area (Å²) in [6, 6.07) is 78.5. The first-order valence-corrected chi connectivity index (χ1v) is 27.3. The van der Waals surface area contributed by atoms with Crippen molar-refractivity contribution in [1.29, 1.82) is 0 Å². The Morgan fingerprint density at radius 3 is 0.951 bits per heavy atom. The fourth-order valence-electron chi connectivity index (χ4n) is 12.7. The lowest BCUT2D eigenvalue weighted by atomic mass is 9.95. The molecule has 0 unspecified atom stereocenters. The lowest BCUT2D eigenvalue weighted by Crippen LogP contribution is -2.16. The molecule has 0 amide bonds. The van der Waals surface area contributed by atoms with Crippen LogP contribution in [-0.2, 0) is 0 Å². The van der Waals surface area contributed by atoms with E-state index in [1.807, 2.05) is 73.6 Å². The van der Waals surface area contributed by atoms with Crippen molar-refractivity contribution >= 4 is 87.2 Å². The van der Waals surface area contributed by atoms with Crippen molar-refractivity contribution < 1.29 is 0 Å². The molecule has 382 valence electrons. The molecule has 9 aromatic heterocycles. The van der Waals surface area contributed by atoms with Crippen LogP contribution in [0.2, 0.25) is 0 Å². The monoisotopic (exact) mass is 1050 g/mol. The van der Waals surface area contributed by atoms with Crippen LogP contribution in [0.4, 0.5) is 0 Å². The fourth-order valence-corrected chi connectivity index (χ4v) is 12.7. The molecule has 0 atom stereocenters. The van der Waals surface area contributed by atoms with Gasteiger partial charge in [0.05, 0.1) is 44.1 Å². The first kappa shape index (κ1) is 45.6. The van der Waals surface area contributed by atoms with E-state index in [0.29, 0.717) is 29.1 Å². The molecule has 0 spiro atoms. The zero-order valence-electron chi connectivity index (χ0n) is 43.7. The predicted octanol–water partition coefficient (Wildman–Crippen LogP) is 16.5. The topological polar surface area (TPSA) is 110 Å². The third-order valence-electron chi connectivity index (χ3n) is 16.1. The Labute approximate surface area is 468 Å². The normalized spacial score (nSPS) is 11.9. The van der Waals surface area contributed by atoms with E-state index in [9.17, 15) is 0 Å². The standard InChI is InChI=1S/C71H43N11/c1-3-19-44(20-4-1)67-75-68(45-21-5-2-6-22-45)77-69(76-67)52-29-8-7-28-51(52)64-65(79-56-30-14-9-23-46(56)47-24-10-15-31-57(47)79)70(81-59-33-17-12-26-49(59)54-42-73-39-36-62(54)81)78-71(82-60-34-18-13-27-50(60)55-43-74-40-37-63(55)82)66(64)80-58-32-16-11-25-48(58)53-41-72-38-35-61(53)80/h1-43H. The lowest BCUT2D eigenvalue weighted by Gasteiger charge is -2.27. The second-order valence-electron chi connectivity index (χ2n) is 20.5. The number of rotatable bonds is 8. The van der Waals surface area contributed by atoms with Crippen LogP contribution in [0, 0.1) is 0 Å². The van der Waals surface area contributed by atoms with Gasteiger partial charge in [-0.05, 0) is 54.1 Å². The molecule has 82 heavy (non-hydrogen) atoms. The molecule has 17 rings (SSSR count). The predicted molar refractivity (Wildman–Crippen MR) is 330 cm³/mol. The van der Waals surface area contributed by atoms with Crippen LogP contribution in [0.3, 0.4) is 0 Å². The number of nitrogens with zero attached hydrogens (tertiary/aromatic N) is 11. The number of hydrogen-bond acceptors (Lipinski definition) is 7. The van der Waals surface area contributed by atoms with Gasteiger partial charge in [-0.2, -0.15) is 0 Å². The largest absolute Gasteiger partial charge is 0.305 e. The number of para-hydroxylation sites is 5. The Balaban J connectivity index is 1.17. The third kappa shape index (κ3) is 6.74. The van der Waals surface area contributed by atoms with E-state index in [-0.39, 0.29) is 0 Å². The van der Waals surface area contributed by atoms with Crippen LogP contribution < -0.4 is 0 Å². The highest BCUT2D eigenvalue weighted by atomic mass is 15.2. The maximum atomic E-state index is 6.38. The summed E-state index contributed by atoms with van der Waals surface area (Å²) in [7, 11) is 0. The minimum absolute atomic E-state index is 0.514. The van der Waals surface area contributed by atoms with E-state index in [2.05, 4.69) is 206 Å². The SMILES string of the molecule is c1ccc(-c2nc(-c3ccccc3)nc(-c3ccccc3-c3c(-n4c5ccccc5c5ccccc54)c(-n4c5ccccc5c5cnccc54)nc(-n4c5ccccc5c5cnccc54)c3-n3c4ccccc4c4cnccc43)n2)cc1. The van der Waals surface area contributed by atoms with Gasteiger partial charge >= 0.3 is 0 Å². The molecule has 0 N–H and O–H groups in total. The Morgan fingerprint density at radius 1 is 0.232 bits per heavy atom. The minimum Gasteiger partial charge on any atom is -0.305 e. The number of benzene rings is 8. The third-order valence-corrected chi connectivity index (χ3v) is 16.1. The molecule has 9 heterocycles. The molecule has 11 nitrogen and oxygen atoms in total. The highest BCUT2D eigenvalue weighted by Gasteiger charge is 2.34. The zero-order chi connectivity index (χ0) is 53.8. The molecule has 0 fully saturated rings. The summed E-state index contributed by atoms with van der Waals surface area (Å²) in [4.78, 5) is 36.8. The molecule has 17 aromatic rings. The van der Waals surface area contributed by atoms with E-state index < -0.39 is 0 Å². The average molecular weight is 1050 g/mol. The van der Waals surface area contributed by atoms with Gasteiger partial charge in [-0.25, -0.2) is 19.9 Å². The van der Waals surface area contributed by atoms with Gasteiger partial charge in [-0.3, -0.25) is 24.1 Å². The van der Waals surface area contributed by atoms with Crippen molar-refractivity contribution in [3.8, 4) is 68.3 Å². The van der Waals surface area contributed by atoms with Crippen LogP contribution in [0.15, 0.2) is 262 Å². The van der Waals surface area contributed by atoms with Gasteiger partial charge in [0, 0.05) is 103 Å². The molecule has 0 saturated carbocycles. The van der Waals surface area contributed by atoms with E-state index in [1.165, 1.54) is 0 Å². The Hall–Kier alpha value is -11.4. The lowest BCUT2D eigenvalue weighted by molar-refractivity contribution is 0.960. The van der Waals surface area contributed by atoms with Crippen LogP contribution >= 0.6 is 0 Å². The highest BCUT2D eigenvalue weighted by Crippen LogP contribution is 2.50. The minimum atomic E-state index is 0.514. The first-order chi connectivity index (χ1) is 40.7. The Morgan fingerprint density at radius 2 is 0.537 bits per heavy atom. The van der Waals surface area contributed by atoms with E-state index >= 15 is 0 Å². The van der Waals surface area contributed by atoms with Crippen LogP contribution in [0.1, 0.15) is 0 Å². The van der Waals surface area contributed by atoms with Gasteiger partial charge < -0.3 is 9.13 Å². The second-order valence-corrected chi connectivity index (χ2v) is 20.5. The van der Waals surface area contributed by atoms with Crippen LogP contribution in [0.5, 0.6) is 0 Å². The molecule has 0 aliphatic heterocycles. The summed E-state index contributed by atoms with van der Waals surface area (Å²) in [5.41, 5.74) is 13.8. The molecule has 0 radical (unpaired) electrons. The van der Waals surface area contributed by atoms with Crippen molar-refractivity contribution in [3.63, 3.8) is 0 Å². The smallest absolute Gasteiger partial charge is 0.165 e. The maximum Gasteiger partial charge on any atom is 0.165 e. The van der Waals surface area contributed by atoms with Crippen molar-refractivity contribution in [2.24, 2.45) is 0 Å². The van der Waals surface area contributed by atoms with Gasteiger partial charge in [0.1, 0.15) is 11.4 Å². The molecule has 8 aromatic carbocycles. The number of hydrogen-bond donors (Lipinski definition) is 0. The molecule has 11 heteroatoms. The Kier molecular flexibility index (Phi) is 10.0. The fraction of sp³-hybridized carbons (Fsp3) is 0. The van der Waals surface area contributed by atoms with E-state index in [0.717, 1.165) is 126 Å². The number of pyridine rings is 4. The molecule has 0 aliphatic carbocycles. The molecular formula is C71H43N11. The van der Waals surface area contributed by atoms with Crippen molar-refractivity contribution in [3.05, 3.63) is 262 Å². The van der Waals surface area contributed by atoms with Gasteiger partial charge in [0.15, 0.2) is 29.1 Å². The molecule has 0 bridgehead atoms. The zero-order valence-corrected chi connectivity index (χ0v) is 43.7. The summed E-state index contributed by atoms with van der Waals surface area (Å²) in [5, 5.41) is 8.38. The quantitative estimate of drug-likeness (QED) is 0.149. The number of fused-ring (bicyclic) bond motifs is 12. The summed E-state index contributed by atoms with van der Waals surface area (Å²) >= 11 is 0. The van der Waals surface area contributed by atoms with E-state index in [4.69, 9.17) is 34.9 Å². The summed E-state index contributed by atoms with van der Waals surface area (Å²) < 4.78 is 9.54. The van der Waals surface area contributed by atoms with E-state index in [1.54, 1.807) is 0 Å². The van der Waals surface area contributed by atoms with Crippen molar-refractivity contribution in [2.75, 3.05) is 0 Å². The van der Waals surface area contributed by atoms with Crippen molar-refractivity contribution in [1.82, 2.24) is 53.2 Å². The number of aromatic nitrogens is 11. The average Bonchev–Trinajstić information content (AvgIpc) is 1.80. The highest BCUT2D eigenvalue weighted by molar-refractivity contribution is 6.16. The van der Waals surface area contributed by atoms with Gasteiger partial charge in [0.2, 0.25) is 0 Å². The van der Waals surface area contributed by atoms with Gasteiger partial charge in [-0.15, -0.1) is 0 Å². The first-order valence-electron chi connectivity index (χ1n) is 27.3. The maximum absolute atomic E-state index is 6.38. The summed E-state index contributed by atoms with van der Waals surface area (Å²) in [5.74, 6) is 3.02. The van der Waals surface area contributed by atoms with Crippen LogP contribution in [0.25, 0.3) is 156 Å². The Bertz CT molecular complexity index is 4900. The van der Waals surface area contributed by atoms with Crippen LogP contribution in [-0.4, -0.2) is 53.2 Å². The van der Waals surface area contributed by atoms with Gasteiger partial charge in [0.25, 0.3) is 0 Å². The second kappa shape index (κ2) is 18.1. The molecular weight excluding hydrogens is 1010 g/mol. The molecule has 0 saturated heterocycles. The molecule has 0 aliphatic rings. The van der Waals surface area contributed by atoms with Gasteiger partial charge in [-0.1, -0.05) is 176 Å². The summed E-state index contributed by atoms with van der Waals surface area (Å²) in [6.45, 7) is 0. The van der Waals surface area contributed by atoms with Crippen molar-refractivity contribution in [2.45, 2.75) is 0 Å². The summed E-state index contributed by atoms with van der Waals surface area (Å²) in [6.07, 6.45) is 11.6.